The summed E-state index contributed by atoms with van der Waals surface area (Å²) in [5.41, 5.74) is 7.83. The van der Waals surface area contributed by atoms with E-state index in [-0.39, 0.29) is 11.9 Å². The SMILES string of the molecule is N[C@H]1C(=O)N(c2ccc3c(c2)OCCO3)[C@@H]1c1ccccc1. The largest absolute Gasteiger partial charge is 0.486 e. The number of β-lactam (4-membered cyclic amide) rings is 1. The maximum absolute atomic E-state index is 12.2. The first-order valence-electron chi connectivity index (χ1n) is 7.29. The van der Waals surface area contributed by atoms with Crippen molar-refractivity contribution in [3.8, 4) is 11.5 Å². The van der Waals surface area contributed by atoms with Gasteiger partial charge in [-0.15, -0.1) is 0 Å². The zero-order valence-electron chi connectivity index (χ0n) is 11.9. The van der Waals surface area contributed by atoms with Gasteiger partial charge in [-0.1, -0.05) is 30.3 Å². The highest BCUT2D eigenvalue weighted by Gasteiger charge is 2.46. The molecule has 2 heterocycles. The minimum atomic E-state index is -0.504. The molecule has 1 fully saturated rings. The van der Waals surface area contributed by atoms with Crippen molar-refractivity contribution in [2.24, 2.45) is 5.73 Å². The number of anilines is 1. The number of rotatable bonds is 2. The molecule has 5 heteroatoms. The molecule has 2 aromatic carbocycles. The average Bonchev–Trinajstić information content (AvgIpc) is 2.59. The van der Waals surface area contributed by atoms with Crippen molar-refractivity contribution in [3.05, 3.63) is 54.1 Å². The van der Waals surface area contributed by atoms with E-state index in [4.69, 9.17) is 15.2 Å². The van der Waals surface area contributed by atoms with E-state index in [0.29, 0.717) is 24.7 Å². The van der Waals surface area contributed by atoms with Crippen LogP contribution in [0, 0.1) is 0 Å². The lowest BCUT2D eigenvalue weighted by atomic mass is 9.88. The van der Waals surface area contributed by atoms with Crippen LogP contribution in [0.3, 0.4) is 0 Å². The van der Waals surface area contributed by atoms with Gasteiger partial charge < -0.3 is 20.1 Å². The van der Waals surface area contributed by atoms with Crippen LogP contribution in [-0.2, 0) is 4.79 Å². The molecule has 0 radical (unpaired) electrons. The van der Waals surface area contributed by atoms with E-state index >= 15 is 0 Å². The molecule has 22 heavy (non-hydrogen) atoms. The van der Waals surface area contributed by atoms with Crippen molar-refractivity contribution in [2.45, 2.75) is 12.1 Å². The molecule has 1 saturated heterocycles. The number of carbonyl (C=O) groups is 1. The lowest BCUT2D eigenvalue weighted by Crippen LogP contribution is -2.63. The zero-order valence-corrected chi connectivity index (χ0v) is 11.9. The molecule has 2 aromatic rings. The fraction of sp³-hybridized carbons (Fsp3) is 0.235. The first-order chi connectivity index (χ1) is 10.8. The summed E-state index contributed by atoms with van der Waals surface area (Å²) in [6.45, 7) is 1.07. The van der Waals surface area contributed by atoms with Crippen LogP contribution < -0.4 is 20.1 Å². The number of ether oxygens (including phenoxy) is 2. The van der Waals surface area contributed by atoms with Gasteiger partial charge in [-0.2, -0.15) is 0 Å². The molecule has 1 amide bonds. The van der Waals surface area contributed by atoms with Gasteiger partial charge in [0.05, 0.1) is 6.04 Å². The minimum Gasteiger partial charge on any atom is -0.486 e. The standard InChI is InChI=1S/C17H16N2O3/c18-15-16(11-4-2-1-3-5-11)19(17(15)20)12-6-7-13-14(10-12)22-9-8-21-13/h1-7,10,15-16H,8-9,18H2/t15-,16-/m1/s1. The van der Waals surface area contributed by atoms with Gasteiger partial charge >= 0.3 is 0 Å². The molecular formula is C17H16N2O3. The van der Waals surface area contributed by atoms with Crippen molar-refractivity contribution in [1.29, 1.82) is 0 Å². The molecule has 2 aliphatic heterocycles. The summed E-state index contributed by atoms with van der Waals surface area (Å²) < 4.78 is 11.1. The van der Waals surface area contributed by atoms with E-state index in [1.54, 1.807) is 4.90 Å². The highest BCUT2D eigenvalue weighted by Crippen LogP contribution is 2.41. The Morgan fingerprint density at radius 2 is 1.73 bits per heavy atom. The van der Waals surface area contributed by atoms with Crippen molar-refractivity contribution < 1.29 is 14.3 Å². The molecule has 4 rings (SSSR count). The summed E-state index contributed by atoms with van der Waals surface area (Å²) in [6, 6.07) is 14.7. The Bertz CT molecular complexity index is 717. The van der Waals surface area contributed by atoms with Crippen LogP contribution >= 0.6 is 0 Å². The lowest BCUT2D eigenvalue weighted by Gasteiger charge is -2.45. The minimum absolute atomic E-state index is 0.0782. The Balaban J connectivity index is 1.70. The Morgan fingerprint density at radius 3 is 2.50 bits per heavy atom. The molecule has 112 valence electrons. The van der Waals surface area contributed by atoms with Gasteiger partial charge in [-0.25, -0.2) is 0 Å². The topological polar surface area (TPSA) is 64.8 Å². The van der Waals surface area contributed by atoms with E-state index in [1.165, 1.54) is 0 Å². The van der Waals surface area contributed by atoms with Crippen LogP contribution in [0.1, 0.15) is 11.6 Å². The van der Waals surface area contributed by atoms with E-state index in [1.807, 2.05) is 48.5 Å². The molecule has 0 unspecified atom stereocenters. The van der Waals surface area contributed by atoms with Crippen LogP contribution in [0.2, 0.25) is 0 Å². The summed E-state index contributed by atoms with van der Waals surface area (Å²) in [5.74, 6) is 1.30. The van der Waals surface area contributed by atoms with Crippen molar-refractivity contribution in [3.63, 3.8) is 0 Å². The molecule has 5 nitrogen and oxygen atoms in total. The number of benzene rings is 2. The molecule has 0 saturated carbocycles. The van der Waals surface area contributed by atoms with E-state index in [0.717, 1.165) is 11.3 Å². The normalized spacial score (nSPS) is 23.1. The van der Waals surface area contributed by atoms with Crippen molar-refractivity contribution in [1.82, 2.24) is 0 Å². The van der Waals surface area contributed by atoms with Crippen LogP contribution in [-0.4, -0.2) is 25.2 Å². The van der Waals surface area contributed by atoms with Crippen LogP contribution in [0.15, 0.2) is 48.5 Å². The second-order valence-electron chi connectivity index (χ2n) is 5.42. The fourth-order valence-corrected chi connectivity index (χ4v) is 2.99. The third-order valence-corrected chi connectivity index (χ3v) is 4.09. The summed E-state index contributed by atoms with van der Waals surface area (Å²) in [6.07, 6.45) is 0. The first-order valence-corrected chi connectivity index (χ1v) is 7.29. The summed E-state index contributed by atoms with van der Waals surface area (Å²) >= 11 is 0. The quantitative estimate of drug-likeness (QED) is 0.859. The van der Waals surface area contributed by atoms with Gasteiger partial charge in [-0.3, -0.25) is 4.79 Å². The van der Waals surface area contributed by atoms with Crippen LogP contribution in [0.25, 0.3) is 0 Å². The van der Waals surface area contributed by atoms with E-state index < -0.39 is 6.04 Å². The molecule has 2 N–H and O–H groups in total. The van der Waals surface area contributed by atoms with Gasteiger partial charge in [0, 0.05) is 11.8 Å². The maximum atomic E-state index is 12.2. The third-order valence-electron chi connectivity index (χ3n) is 4.09. The van der Waals surface area contributed by atoms with Crippen molar-refractivity contribution in [2.75, 3.05) is 18.1 Å². The molecular weight excluding hydrogens is 280 g/mol. The van der Waals surface area contributed by atoms with E-state index in [9.17, 15) is 4.79 Å². The molecule has 2 atom stereocenters. The summed E-state index contributed by atoms with van der Waals surface area (Å²) in [4.78, 5) is 14.0. The number of carbonyl (C=O) groups excluding carboxylic acids is 1. The Morgan fingerprint density at radius 1 is 1.00 bits per heavy atom. The van der Waals surface area contributed by atoms with Crippen molar-refractivity contribution >= 4 is 11.6 Å². The molecule has 0 aromatic heterocycles. The van der Waals surface area contributed by atoms with Crippen LogP contribution in [0.5, 0.6) is 11.5 Å². The second kappa shape index (κ2) is 5.03. The highest BCUT2D eigenvalue weighted by atomic mass is 16.6. The Kier molecular flexibility index (Phi) is 3.01. The highest BCUT2D eigenvalue weighted by molar-refractivity contribution is 6.05. The lowest BCUT2D eigenvalue weighted by molar-refractivity contribution is -0.126. The first kappa shape index (κ1) is 13.2. The summed E-state index contributed by atoms with van der Waals surface area (Å²) in [7, 11) is 0. The maximum Gasteiger partial charge on any atom is 0.247 e. The number of fused-ring (bicyclic) bond motifs is 1. The zero-order chi connectivity index (χ0) is 15.1. The number of amides is 1. The number of nitrogens with two attached hydrogens (primary N) is 1. The van der Waals surface area contributed by atoms with Gasteiger partial charge in [0.1, 0.15) is 19.3 Å². The fourth-order valence-electron chi connectivity index (χ4n) is 2.99. The molecule has 0 spiro atoms. The van der Waals surface area contributed by atoms with Crippen LogP contribution in [0.4, 0.5) is 5.69 Å². The molecule has 0 bridgehead atoms. The molecule has 0 aliphatic carbocycles. The number of hydrogen-bond acceptors (Lipinski definition) is 4. The predicted molar refractivity (Wildman–Crippen MR) is 82.1 cm³/mol. The second-order valence-corrected chi connectivity index (χ2v) is 5.42. The average molecular weight is 296 g/mol. The Hall–Kier alpha value is -2.53. The molecule has 2 aliphatic rings. The van der Waals surface area contributed by atoms with E-state index in [2.05, 4.69) is 0 Å². The van der Waals surface area contributed by atoms with Gasteiger partial charge in [0.15, 0.2) is 11.5 Å². The summed E-state index contributed by atoms with van der Waals surface area (Å²) in [5, 5.41) is 0. The Labute approximate surface area is 128 Å². The third kappa shape index (κ3) is 1.94. The van der Waals surface area contributed by atoms with Gasteiger partial charge in [0.2, 0.25) is 5.91 Å². The monoisotopic (exact) mass is 296 g/mol. The number of hydrogen-bond donors (Lipinski definition) is 1. The number of nitrogens with zero attached hydrogens (tertiary/aromatic N) is 1. The smallest absolute Gasteiger partial charge is 0.247 e. The van der Waals surface area contributed by atoms with Gasteiger partial charge in [0.25, 0.3) is 0 Å². The van der Waals surface area contributed by atoms with Gasteiger partial charge in [-0.05, 0) is 17.7 Å². The predicted octanol–water partition coefficient (Wildman–Crippen LogP) is 1.87.